The van der Waals surface area contributed by atoms with Crippen LogP contribution in [0, 0.1) is 0 Å². The first-order valence-electron chi connectivity index (χ1n) is 10.3. The smallest absolute Gasteiger partial charge is 0.0410 e. The van der Waals surface area contributed by atoms with Crippen molar-refractivity contribution in [2.24, 2.45) is 0 Å². The summed E-state index contributed by atoms with van der Waals surface area (Å²) < 4.78 is 0. The van der Waals surface area contributed by atoms with Crippen LogP contribution in [-0.4, -0.2) is 12.6 Å². The molecule has 138 valence electrons. The van der Waals surface area contributed by atoms with Crippen molar-refractivity contribution in [3.63, 3.8) is 0 Å². The molecule has 26 heavy (non-hydrogen) atoms. The van der Waals surface area contributed by atoms with Crippen LogP contribution in [0.25, 0.3) is 0 Å². The van der Waals surface area contributed by atoms with E-state index < -0.39 is 0 Å². The number of aryl methyl sites for hydroxylation is 1. The second-order valence-corrected chi connectivity index (χ2v) is 8.51. The maximum Gasteiger partial charge on any atom is 0.0410 e. The van der Waals surface area contributed by atoms with Crippen LogP contribution < -0.4 is 10.6 Å². The van der Waals surface area contributed by atoms with E-state index in [1.165, 1.54) is 59.2 Å². The Hall–Kier alpha value is -1.80. The lowest BCUT2D eigenvalue weighted by Gasteiger charge is -2.32. The SMILES string of the molecule is CC(C)c1cccc2c1NC(CC(C)c1ccc3c(c1)CNCC3)CC2. The van der Waals surface area contributed by atoms with E-state index >= 15 is 0 Å². The minimum Gasteiger partial charge on any atom is -0.382 e. The molecule has 0 saturated carbocycles. The van der Waals surface area contributed by atoms with Gasteiger partial charge in [0.25, 0.3) is 0 Å². The molecule has 2 atom stereocenters. The van der Waals surface area contributed by atoms with E-state index in [0.717, 1.165) is 13.1 Å². The monoisotopic (exact) mass is 348 g/mol. The summed E-state index contributed by atoms with van der Waals surface area (Å²) in [5, 5.41) is 7.40. The third-order valence-electron chi connectivity index (χ3n) is 6.24. The Bertz CT molecular complexity index is 778. The van der Waals surface area contributed by atoms with Crippen molar-refractivity contribution in [3.05, 3.63) is 64.2 Å². The molecule has 0 radical (unpaired) electrons. The highest BCUT2D eigenvalue weighted by Gasteiger charge is 2.23. The van der Waals surface area contributed by atoms with Gasteiger partial charge in [-0.3, -0.25) is 0 Å². The topological polar surface area (TPSA) is 24.1 Å². The number of para-hydroxylation sites is 1. The molecule has 2 aromatic rings. The van der Waals surface area contributed by atoms with Crippen LogP contribution in [-0.2, 0) is 19.4 Å². The summed E-state index contributed by atoms with van der Waals surface area (Å²) in [5.41, 5.74) is 8.92. The lowest BCUT2D eigenvalue weighted by molar-refractivity contribution is 0.533. The van der Waals surface area contributed by atoms with Crippen molar-refractivity contribution in [2.75, 3.05) is 11.9 Å². The molecule has 0 saturated heterocycles. The maximum atomic E-state index is 3.90. The molecule has 2 N–H and O–H groups in total. The fourth-order valence-corrected chi connectivity index (χ4v) is 4.64. The second kappa shape index (κ2) is 7.44. The molecule has 4 rings (SSSR count). The van der Waals surface area contributed by atoms with Gasteiger partial charge in [-0.1, -0.05) is 57.2 Å². The molecule has 0 aromatic heterocycles. The number of nitrogens with one attached hydrogen (secondary N) is 2. The van der Waals surface area contributed by atoms with E-state index in [-0.39, 0.29) is 0 Å². The Morgan fingerprint density at radius 3 is 2.73 bits per heavy atom. The zero-order chi connectivity index (χ0) is 18.1. The van der Waals surface area contributed by atoms with E-state index in [1.807, 2.05) is 0 Å². The standard InChI is InChI=1S/C24H32N2/c1-16(2)23-6-4-5-19-9-10-22(26-24(19)23)13-17(3)20-8-7-18-11-12-25-15-21(18)14-20/h4-8,14,16-17,22,25-26H,9-13,15H2,1-3H3. The van der Waals surface area contributed by atoms with Crippen LogP contribution in [0.3, 0.4) is 0 Å². The normalized spacial score (nSPS) is 20.2. The fraction of sp³-hybridized carbons (Fsp3) is 0.500. The summed E-state index contributed by atoms with van der Waals surface area (Å²) in [7, 11) is 0. The van der Waals surface area contributed by atoms with Crippen LogP contribution in [0.15, 0.2) is 36.4 Å². The van der Waals surface area contributed by atoms with Gasteiger partial charge in [0.15, 0.2) is 0 Å². The van der Waals surface area contributed by atoms with E-state index in [0.29, 0.717) is 17.9 Å². The van der Waals surface area contributed by atoms with Crippen LogP contribution in [0.4, 0.5) is 5.69 Å². The Morgan fingerprint density at radius 2 is 1.88 bits per heavy atom. The second-order valence-electron chi connectivity index (χ2n) is 8.51. The highest BCUT2D eigenvalue weighted by Crippen LogP contribution is 2.35. The number of rotatable bonds is 4. The van der Waals surface area contributed by atoms with Gasteiger partial charge in [0.1, 0.15) is 0 Å². The Morgan fingerprint density at radius 1 is 1.00 bits per heavy atom. The number of benzene rings is 2. The predicted molar refractivity (Wildman–Crippen MR) is 111 cm³/mol. The number of hydrogen-bond acceptors (Lipinski definition) is 2. The molecule has 0 amide bonds. The predicted octanol–water partition coefficient (Wildman–Crippen LogP) is 5.38. The molecule has 2 heterocycles. The van der Waals surface area contributed by atoms with Gasteiger partial charge in [-0.2, -0.15) is 0 Å². The highest BCUT2D eigenvalue weighted by atomic mass is 14.9. The average molecular weight is 349 g/mol. The molecule has 0 aliphatic carbocycles. The summed E-state index contributed by atoms with van der Waals surface area (Å²) in [6.07, 6.45) is 4.82. The summed E-state index contributed by atoms with van der Waals surface area (Å²) >= 11 is 0. The van der Waals surface area contributed by atoms with Gasteiger partial charge in [-0.25, -0.2) is 0 Å². The largest absolute Gasteiger partial charge is 0.382 e. The van der Waals surface area contributed by atoms with Crippen molar-refractivity contribution in [3.8, 4) is 0 Å². The van der Waals surface area contributed by atoms with E-state index in [4.69, 9.17) is 0 Å². The van der Waals surface area contributed by atoms with Crippen molar-refractivity contribution in [1.29, 1.82) is 0 Å². The summed E-state index contributed by atoms with van der Waals surface area (Å²) in [6, 6.07) is 14.6. The zero-order valence-electron chi connectivity index (χ0n) is 16.4. The van der Waals surface area contributed by atoms with Gasteiger partial charge in [0.2, 0.25) is 0 Å². The molecule has 2 aromatic carbocycles. The molecule has 2 aliphatic heterocycles. The minimum absolute atomic E-state index is 0.571. The summed E-state index contributed by atoms with van der Waals surface area (Å²) in [5.74, 6) is 1.16. The van der Waals surface area contributed by atoms with E-state index in [1.54, 1.807) is 0 Å². The van der Waals surface area contributed by atoms with Crippen LogP contribution in [0.5, 0.6) is 0 Å². The Labute approximate surface area is 158 Å². The molecular weight excluding hydrogens is 316 g/mol. The molecule has 0 bridgehead atoms. The van der Waals surface area contributed by atoms with Gasteiger partial charge >= 0.3 is 0 Å². The lowest BCUT2D eigenvalue weighted by Crippen LogP contribution is -2.28. The summed E-state index contributed by atoms with van der Waals surface area (Å²) in [6.45, 7) is 9.13. The molecule has 2 heteroatoms. The van der Waals surface area contributed by atoms with Gasteiger partial charge < -0.3 is 10.6 Å². The van der Waals surface area contributed by atoms with Crippen LogP contribution >= 0.6 is 0 Å². The molecule has 0 spiro atoms. The van der Waals surface area contributed by atoms with E-state index in [2.05, 4.69) is 67.8 Å². The van der Waals surface area contributed by atoms with Crippen LogP contribution in [0.1, 0.15) is 73.3 Å². The molecule has 2 aliphatic rings. The summed E-state index contributed by atoms with van der Waals surface area (Å²) in [4.78, 5) is 0. The van der Waals surface area contributed by atoms with E-state index in [9.17, 15) is 0 Å². The molecule has 2 unspecified atom stereocenters. The van der Waals surface area contributed by atoms with Gasteiger partial charge in [-0.05, 0) is 71.9 Å². The van der Waals surface area contributed by atoms with Crippen LogP contribution in [0.2, 0.25) is 0 Å². The average Bonchev–Trinajstić information content (AvgIpc) is 2.67. The Kier molecular flexibility index (Phi) is 5.04. The molecule has 0 fully saturated rings. The maximum absolute atomic E-state index is 3.90. The minimum atomic E-state index is 0.571. The number of fused-ring (bicyclic) bond motifs is 2. The van der Waals surface area contributed by atoms with Crippen molar-refractivity contribution >= 4 is 5.69 Å². The first-order chi connectivity index (χ1) is 12.6. The van der Waals surface area contributed by atoms with Crippen molar-refractivity contribution in [2.45, 2.75) is 70.9 Å². The first-order valence-corrected chi connectivity index (χ1v) is 10.3. The number of anilines is 1. The quantitative estimate of drug-likeness (QED) is 0.775. The zero-order valence-corrected chi connectivity index (χ0v) is 16.4. The van der Waals surface area contributed by atoms with Crippen molar-refractivity contribution in [1.82, 2.24) is 5.32 Å². The van der Waals surface area contributed by atoms with Gasteiger partial charge in [-0.15, -0.1) is 0 Å². The highest BCUT2D eigenvalue weighted by molar-refractivity contribution is 5.61. The lowest BCUT2D eigenvalue weighted by atomic mass is 9.85. The third kappa shape index (κ3) is 3.53. The van der Waals surface area contributed by atoms with Crippen molar-refractivity contribution < 1.29 is 0 Å². The number of hydrogen-bond donors (Lipinski definition) is 2. The fourth-order valence-electron chi connectivity index (χ4n) is 4.64. The molecular formula is C24H32N2. The molecule has 2 nitrogen and oxygen atoms in total. The Balaban J connectivity index is 1.48. The van der Waals surface area contributed by atoms with Gasteiger partial charge in [0.05, 0.1) is 0 Å². The third-order valence-corrected chi connectivity index (χ3v) is 6.24. The first kappa shape index (κ1) is 17.6. The van der Waals surface area contributed by atoms with Gasteiger partial charge in [0, 0.05) is 18.3 Å².